The Kier molecular flexibility index (Phi) is 5.02. The van der Waals surface area contributed by atoms with Crippen LogP contribution in [0.1, 0.15) is 11.1 Å². The van der Waals surface area contributed by atoms with Gasteiger partial charge in [-0.3, -0.25) is 10.1 Å². The number of nitro benzene ring substituents is 1. The van der Waals surface area contributed by atoms with Crippen molar-refractivity contribution < 1.29 is 9.66 Å². The van der Waals surface area contributed by atoms with Crippen molar-refractivity contribution in [1.82, 2.24) is 9.97 Å². The third kappa shape index (κ3) is 3.65. The van der Waals surface area contributed by atoms with Crippen LogP contribution in [0.4, 0.5) is 17.3 Å². The van der Waals surface area contributed by atoms with Crippen LogP contribution in [0.2, 0.25) is 0 Å². The molecule has 30 heavy (non-hydrogen) atoms. The molecule has 4 rings (SSSR count). The van der Waals surface area contributed by atoms with Gasteiger partial charge in [0.25, 0.3) is 0 Å². The summed E-state index contributed by atoms with van der Waals surface area (Å²) >= 11 is 0. The van der Waals surface area contributed by atoms with Crippen molar-refractivity contribution in [3.63, 3.8) is 0 Å². The third-order valence-electron chi connectivity index (χ3n) is 4.87. The summed E-state index contributed by atoms with van der Waals surface area (Å²) in [5, 5.41) is 15.4. The second-order valence-electron chi connectivity index (χ2n) is 7.00. The second kappa shape index (κ2) is 7.79. The predicted molar refractivity (Wildman–Crippen MR) is 117 cm³/mol. The van der Waals surface area contributed by atoms with E-state index >= 15 is 0 Å². The van der Waals surface area contributed by atoms with Crippen LogP contribution in [-0.4, -0.2) is 22.0 Å². The molecule has 7 heteroatoms. The molecular formula is C23H20N4O3. The van der Waals surface area contributed by atoms with Crippen LogP contribution < -0.4 is 10.1 Å². The van der Waals surface area contributed by atoms with E-state index < -0.39 is 4.92 Å². The number of aromatic nitrogens is 2. The smallest absolute Gasteiger partial charge is 0.311 e. The lowest BCUT2D eigenvalue weighted by Gasteiger charge is -2.13. The summed E-state index contributed by atoms with van der Waals surface area (Å²) in [7, 11) is 1.41. The molecule has 1 aromatic heterocycles. The fourth-order valence-corrected chi connectivity index (χ4v) is 3.35. The molecule has 0 aliphatic rings. The molecule has 1 N–H and O–H groups in total. The highest BCUT2D eigenvalue weighted by atomic mass is 16.6. The van der Waals surface area contributed by atoms with Crippen LogP contribution in [0.5, 0.6) is 5.75 Å². The maximum Gasteiger partial charge on any atom is 0.311 e. The molecule has 150 valence electrons. The van der Waals surface area contributed by atoms with Crippen molar-refractivity contribution in [2.24, 2.45) is 0 Å². The Morgan fingerprint density at radius 1 is 1.00 bits per heavy atom. The van der Waals surface area contributed by atoms with E-state index in [2.05, 4.69) is 16.4 Å². The van der Waals surface area contributed by atoms with Crippen LogP contribution in [0.25, 0.3) is 22.2 Å². The zero-order chi connectivity index (χ0) is 21.3. The van der Waals surface area contributed by atoms with Gasteiger partial charge in [0.15, 0.2) is 5.75 Å². The van der Waals surface area contributed by atoms with Gasteiger partial charge in [-0.2, -0.15) is 0 Å². The third-order valence-corrected chi connectivity index (χ3v) is 4.87. The molecule has 0 aliphatic heterocycles. The van der Waals surface area contributed by atoms with Crippen molar-refractivity contribution in [3.05, 3.63) is 81.9 Å². The number of nitrogens with zero attached hydrogens (tertiary/aromatic N) is 3. The standard InChI is InChI=1S/C23H20N4O3/c1-14-9-10-18-17(11-14)22(16-7-5-4-6-8-16)26-23(24-18)25-19-13-21(30-3)20(27(28)29)12-15(19)2/h4-13H,1-3H3,(H,24,25,26). The van der Waals surface area contributed by atoms with Gasteiger partial charge in [-0.1, -0.05) is 42.0 Å². The summed E-state index contributed by atoms with van der Waals surface area (Å²) in [4.78, 5) is 20.2. The fraction of sp³-hybridized carbons (Fsp3) is 0.130. The second-order valence-corrected chi connectivity index (χ2v) is 7.00. The Morgan fingerprint density at radius 3 is 2.47 bits per heavy atom. The Morgan fingerprint density at radius 2 is 1.77 bits per heavy atom. The largest absolute Gasteiger partial charge is 0.490 e. The van der Waals surface area contributed by atoms with Gasteiger partial charge in [0.05, 0.1) is 23.2 Å². The molecule has 0 atom stereocenters. The molecule has 0 unspecified atom stereocenters. The molecule has 3 aromatic carbocycles. The van der Waals surface area contributed by atoms with Crippen LogP contribution in [0.3, 0.4) is 0 Å². The average Bonchev–Trinajstić information content (AvgIpc) is 2.75. The van der Waals surface area contributed by atoms with E-state index in [1.54, 1.807) is 13.0 Å². The minimum atomic E-state index is -0.460. The molecule has 1 heterocycles. The van der Waals surface area contributed by atoms with Crippen LogP contribution in [-0.2, 0) is 0 Å². The van der Waals surface area contributed by atoms with Gasteiger partial charge < -0.3 is 10.1 Å². The molecule has 0 aliphatic carbocycles. The van der Waals surface area contributed by atoms with Crippen molar-refractivity contribution in [2.75, 3.05) is 12.4 Å². The number of benzene rings is 3. The zero-order valence-electron chi connectivity index (χ0n) is 16.8. The summed E-state index contributed by atoms with van der Waals surface area (Å²) in [6.45, 7) is 3.82. The lowest BCUT2D eigenvalue weighted by molar-refractivity contribution is -0.385. The summed E-state index contributed by atoms with van der Waals surface area (Å²) in [5.74, 6) is 0.581. The Labute approximate surface area is 173 Å². The molecule has 0 amide bonds. The van der Waals surface area contributed by atoms with Crippen LogP contribution in [0, 0.1) is 24.0 Å². The van der Waals surface area contributed by atoms with E-state index in [1.807, 2.05) is 49.4 Å². The Balaban J connectivity index is 1.85. The van der Waals surface area contributed by atoms with Gasteiger partial charge in [-0.15, -0.1) is 0 Å². The molecular weight excluding hydrogens is 380 g/mol. The maximum atomic E-state index is 11.3. The Hall–Kier alpha value is -4.00. The molecule has 0 radical (unpaired) electrons. The molecule has 0 saturated heterocycles. The summed E-state index contributed by atoms with van der Waals surface area (Å²) < 4.78 is 5.19. The Bertz CT molecular complexity index is 1260. The molecule has 0 bridgehead atoms. The minimum absolute atomic E-state index is 0.0829. The molecule has 0 saturated carbocycles. The van der Waals surface area contributed by atoms with E-state index in [-0.39, 0.29) is 11.4 Å². The van der Waals surface area contributed by atoms with E-state index in [1.165, 1.54) is 13.2 Å². The number of fused-ring (bicyclic) bond motifs is 1. The number of rotatable bonds is 5. The van der Waals surface area contributed by atoms with E-state index in [4.69, 9.17) is 9.72 Å². The normalized spacial score (nSPS) is 10.8. The number of methoxy groups -OCH3 is 1. The minimum Gasteiger partial charge on any atom is -0.490 e. The predicted octanol–water partition coefficient (Wildman–Crippen LogP) is 5.57. The molecule has 7 nitrogen and oxygen atoms in total. The molecule has 0 fully saturated rings. The summed E-state index contributed by atoms with van der Waals surface area (Å²) in [6, 6.07) is 19.0. The van der Waals surface area contributed by atoms with Gasteiger partial charge in [0.2, 0.25) is 5.95 Å². The number of ether oxygens (including phenoxy) is 1. The first-order valence-corrected chi connectivity index (χ1v) is 9.40. The monoisotopic (exact) mass is 400 g/mol. The van der Waals surface area contributed by atoms with Crippen molar-refractivity contribution >= 4 is 28.2 Å². The highest BCUT2D eigenvalue weighted by Crippen LogP contribution is 2.35. The van der Waals surface area contributed by atoms with Gasteiger partial charge in [0.1, 0.15) is 0 Å². The van der Waals surface area contributed by atoms with Gasteiger partial charge >= 0.3 is 5.69 Å². The molecule has 4 aromatic rings. The first-order valence-electron chi connectivity index (χ1n) is 9.40. The van der Waals surface area contributed by atoms with Gasteiger partial charge in [-0.05, 0) is 31.5 Å². The topological polar surface area (TPSA) is 90.2 Å². The number of hydrogen-bond donors (Lipinski definition) is 1. The number of aryl methyl sites for hydroxylation is 2. The van der Waals surface area contributed by atoms with Crippen LogP contribution in [0.15, 0.2) is 60.7 Å². The highest BCUT2D eigenvalue weighted by molar-refractivity contribution is 5.93. The quantitative estimate of drug-likeness (QED) is 0.348. The SMILES string of the molecule is COc1cc(Nc2nc(-c3ccccc3)c3cc(C)ccc3n2)c(C)cc1[N+](=O)[O-]. The maximum absolute atomic E-state index is 11.3. The van der Waals surface area contributed by atoms with Crippen LogP contribution >= 0.6 is 0 Å². The van der Waals surface area contributed by atoms with E-state index in [9.17, 15) is 10.1 Å². The van der Waals surface area contributed by atoms with E-state index in [0.29, 0.717) is 17.2 Å². The number of nitrogens with one attached hydrogen (secondary N) is 1. The lowest BCUT2D eigenvalue weighted by Crippen LogP contribution is -2.03. The first kappa shape index (κ1) is 19.3. The van der Waals surface area contributed by atoms with Crippen molar-refractivity contribution in [3.8, 4) is 17.0 Å². The first-order chi connectivity index (χ1) is 14.5. The van der Waals surface area contributed by atoms with Gasteiger partial charge in [-0.25, -0.2) is 9.97 Å². The zero-order valence-corrected chi connectivity index (χ0v) is 16.8. The summed E-state index contributed by atoms with van der Waals surface area (Å²) in [5.41, 5.74) is 4.98. The number of hydrogen-bond acceptors (Lipinski definition) is 6. The van der Waals surface area contributed by atoms with Crippen molar-refractivity contribution in [2.45, 2.75) is 13.8 Å². The van der Waals surface area contributed by atoms with Crippen molar-refractivity contribution in [1.29, 1.82) is 0 Å². The lowest BCUT2D eigenvalue weighted by atomic mass is 10.0. The van der Waals surface area contributed by atoms with E-state index in [0.717, 1.165) is 27.7 Å². The fourth-order valence-electron chi connectivity index (χ4n) is 3.35. The number of nitro groups is 1. The summed E-state index contributed by atoms with van der Waals surface area (Å²) in [6.07, 6.45) is 0. The number of anilines is 2. The average molecular weight is 400 g/mol. The van der Waals surface area contributed by atoms with Gasteiger partial charge in [0, 0.05) is 28.8 Å². The molecule has 0 spiro atoms. The highest BCUT2D eigenvalue weighted by Gasteiger charge is 2.18.